The van der Waals surface area contributed by atoms with Gasteiger partial charge in [-0.15, -0.1) is 0 Å². The molecule has 2 aromatic carbocycles. The minimum Gasteiger partial charge on any atom is -0.463 e. The number of likely N-dealkylation sites (N-methyl/N-ethyl adjacent to an activating group) is 1. The minimum absolute atomic E-state index is 0.0897. The molecule has 0 radical (unpaired) electrons. The third-order valence-corrected chi connectivity index (χ3v) is 8.96. The van der Waals surface area contributed by atoms with Crippen LogP contribution in [0, 0.1) is 0 Å². The van der Waals surface area contributed by atoms with Gasteiger partial charge < -0.3 is 29.2 Å². The molecule has 2 atom stereocenters. The number of para-hydroxylation sites is 1. The Morgan fingerprint density at radius 3 is 2.30 bits per heavy atom. The van der Waals surface area contributed by atoms with Crippen molar-refractivity contribution in [2.24, 2.45) is 0 Å². The summed E-state index contributed by atoms with van der Waals surface area (Å²) in [5, 5.41) is 3.57. The first-order valence-corrected chi connectivity index (χ1v) is 19.7. The lowest BCUT2D eigenvalue weighted by Crippen LogP contribution is -2.48. The highest BCUT2D eigenvalue weighted by Crippen LogP contribution is 2.23. The molecule has 11 nitrogen and oxygen atoms in total. The molecule has 1 heterocycles. The number of nitrogens with zero attached hydrogens (tertiary/aromatic N) is 1. The van der Waals surface area contributed by atoms with Crippen molar-refractivity contribution in [1.82, 2.24) is 15.2 Å². The van der Waals surface area contributed by atoms with Crippen LogP contribution in [0.4, 0.5) is 9.59 Å². The van der Waals surface area contributed by atoms with Crippen LogP contribution in [0.2, 0.25) is 25.7 Å². The number of aromatic nitrogens is 1. The second kappa shape index (κ2) is 17.0. The molecule has 0 saturated carbocycles. The van der Waals surface area contributed by atoms with Crippen molar-refractivity contribution in [1.29, 1.82) is 0 Å². The van der Waals surface area contributed by atoms with Crippen LogP contribution in [0.5, 0.6) is 0 Å². The second-order valence-corrected chi connectivity index (χ2v) is 19.3. The number of hydrogen-bond acceptors (Lipinski definition) is 8. The Balaban J connectivity index is 1.73. The van der Waals surface area contributed by atoms with Gasteiger partial charge in [0, 0.05) is 45.2 Å². The highest BCUT2D eigenvalue weighted by Gasteiger charge is 2.35. The lowest BCUT2D eigenvalue weighted by atomic mass is 10.0. The lowest BCUT2D eigenvalue weighted by molar-refractivity contribution is -0.171. The summed E-state index contributed by atoms with van der Waals surface area (Å²) in [4.78, 5) is 56.8. The van der Waals surface area contributed by atoms with Crippen molar-refractivity contribution in [3.05, 3.63) is 71.9 Å². The van der Waals surface area contributed by atoms with Gasteiger partial charge in [-0.2, -0.15) is 0 Å². The van der Waals surface area contributed by atoms with Gasteiger partial charge in [-0.25, -0.2) is 19.2 Å². The van der Waals surface area contributed by atoms with E-state index in [4.69, 9.17) is 18.9 Å². The molecule has 0 fully saturated rings. The summed E-state index contributed by atoms with van der Waals surface area (Å²) in [6, 6.07) is 16.6. The number of aromatic amines is 1. The Hall–Kier alpha value is -4.32. The molecular weight excluding hydrogens is 618 g/mol. The fourth-order valence-electron chi connectivity index (χ4n) is 4.59. The molecule has 0 bridgehead atoms. The number of H-pyrrole nitrogens is 1. The lowest BCUT2D eigenvalue weighted by Gasteiger charge is -2.30. The number of amides is 2. The summed E-state index contributed by atoms with van der Waals surface area (Å²) >= 11 is 0. The van der Waals surface area contributed by atoms with Gasteiger partial charge >= 0.3 is 24.1 Å². The molecule has 0 spiro atoms. The van der Waals surface area contributed by atoms with Crippen molar-refractivity contribution < 1.29 is 38.1 Å². The molecule has 12 heteroatoms. The van der Waals surface area contributed by atoms with Crippen molar-refractivity contribution >= 4 is 43.1 Å². The smallest absolute Gasteiger partial charge is 0.410 e. The van der Waals surface area contributed by atoms with Crippen molar-refractivity contribution in [3.8, 4) is 0 Å². The molecular formula is C35H49N3O8Si. The maximum atomic E-state index is 13.9. The van der Waals surface area contributed by atoms with Crippen molar-refractivity contribution in [2.75, 3.05) is 20.2 Å². The Bertz CT molecular complexity index is 1480. The standard InChI is InChI=1S/C35H49N3O8Si/c1-35(2,3)46-34(42)38(4)29(22-26-23-37-28-17-12-11-16-27(26)28)31(39)45-30(32(40)43-20-21-47(5,6)7)18-13-19-36-33(41)44-24-25-14-9-8-10-15-25/h8-12,14-17,23,29-30,37H,13,18-22,24H2,1-7H3,(H,36,41)/t29-,30+/m1/s1. The molecule has 0 aliphatic heterocycles. The summed E-state index contributed by atoms with van der Waals surface area (Å²) in [5.41, 5.74) is 1.74. The van der Waals surface area contributed by atoms with Crippen LogP contribution in [0.3, 0.4) is 0 Å². The summed E-state index contributed by atoms with van der Waals surface area (Å²) in [6.45, 7) is 12.2. The van der Waals surface area contributed by atoms with E-state index in [1.165, 1.54) is 11.9 Å². The Labute approximate surface area is 278 Å². The normalized spacial score (nSPS) is 12.9. The van der Waals surface area contributed by atoms with E-state index in [1.54, 1.807) is 27.0 Å². The summed E-state index contributed by atoms with van der Waals surface area (Å²) in [6.07, 6.45) is -0.250. The van der Waals surface area contributed by atoms with E-state index in [0.717, 1.165) is 28.1 Å². The van der Waals surface area contributed by atoms with Gasteiger partial charge in [0.25, 0.3) is 0 Å². The average molecular weight is 668 g/mol. The molecule has 47 heavy (non-hydrogen) atoms. The maximum Gasteiger partial charge on any atom is 0.410 e. The predicted molar refractivity (Wildman–Crippen MR) is 183 cm³/mol. The van der Waals surface area contributed by atoms with E-state index in [0.29, 0.717) is 6.42 Å². The van der Waals surface area contributed by atoms with Crippen LogP contribution in [0.25, 0.3) is 10.9 Å². The fourth-order valence-corrected chi connectivity index (χ4v) is 5.31. The summed E-state index contributed by atoms with van der Waals surface area (Å²) in [5.74, 6) is -1.44. The molecule has 3 aromatic rings. The van der Waals surface area contributed by atoms with Crippen molar-refractivity contribution in [3.63, 3.8) is 0 Å². The Morgan fingerprint density at radius 1 is 0.936 bits per heavy atom. The first-order valence-electron chi connectivity index (χ1n) is 16.0. The molecule has 2 amide bonds. The maximum absolute atomic E-state index is 13.9. The highest BCUT2D eigenvalue weighted by molar-refractivity contribution is 6.76. The molecule has 2 N–H and O–H groups in total. The quantitative estimate of drug-likeness (QED) is 0.0818. The van der Waals surface area contributed by atoms with Crippen LogP contribution >= 0.6 is 0 Å². The van der Waals surface area contributed by atoms with Crippen LogP contribution < -0.4 is 5.32 Å². The number of ether oxygens (including phenoxy) is 4. The predicted octanol–water partition coefficient (Wildman–Crippen LogP) is 6.45. The largest absolute Gasteiger partial charge is 0.463 e. The SMILES string of the molecule is CN(C(=O)OC(C)(C)C)[C@H](Cc1c[nH]c2ccccc12)C(=O)O[C@@H](CCCNC(=O)OCc1ccccc1)C(=O)OCC[Si](C)(C)C. The molecule has 0 aliphatic rings. The Morgan fingerprint density at radius 2 is 1.62 bits per heavy atom. The van der Waals surface area contributed by atoms with Gasteiger partial charge in [-0.05, 0) is 56.9 Å². The molecule has 0 aliphatic carbocycles. The number of benzene rings is 2. The van der Waals surface area contributed by atoms with Crippen LogP contribution in [0.1, 0.15) is 44.7 Å². The number of alkyl carbamates (subject to hydrolysis) is 1. The van der Waals surface area contributed by atoms with Gasteiger partial charge in [0.05, 0.1) is 6.61 Å². The monoisotopic (exact) mass is 667 g/mol. The van der Waals surface area contributed by atoms with Gasteiger partial charge in [-0.3, -0.25) is 4.90 Å². The molecule has 3 rings (SSSR count). The second-order valence-electron chi connectivity index (χ2n) is 13.7. The zero-order valence-electron chi connectivity index (χ0n) is 28.6. The average Bonchev–Trinajstić information content (AvgIpc) is 3.41. The number of fused-ring (bicyclic) bond motifs is 1. The zero-order chi connectivity index (χ0) is 34.6. The molecule has 0 unspecified atom stereocenters. The van der Waals surface area contributed by atoms with E-state index in [2.05, 4.69) is 29.9 Å². The van der Waals surface area contributed by atoms with E-state index in [9.17, 15) is 19.2 Å². The van der Waals surface area contributed by atoms with Gasteiger partial charge in [-0.1, -0.05) is 68.2 Å². The number of rotatable bonds is 15. The Kier molecular flexibility index (Phi) is 13.4. The minimum atomic E-state index is -1.50. The van der Waals surface area contributed by atoms with Crippen LogP contribution in [-0.4, -0.2) is 80.0 Å². The van der Waals surface area contributed by atoms with E-state index in [1.807, 2.05) is 54.6 Å². The number of hydrogen-bond donors (Lipinski definition) is 2. The van der Waals surface area contributed by atoms with Crippen molar-refractivity contribution in [2.45, 2.75) is 90.1 Å². The summed E-state index contributed by atoms with van der Waals surface area (Å²) in [7, 11) is -0.0256. The number of nitrogens with one attached hydrogen (secondary N) is 2. The third-order valence-electron chi connectivity index (χ3n) is 7.25. The first kappa shape index (κ1) is 37.1. The third kappa shape index (κ3) is 12.8. The first-order chi connectivity index (χ1) is 22.1. The fraction of sp³-hybridized carbons (Fsp3) is 0.486. The number of carbonyl (C=O) groups is 4. The van der Waals surface area contributed by atoms with Gasteiger partial charge in [0.2, 0.25) is 0 Å². The molecule has 0 saturated heterocycles. The van der Waals surface area contributed by atoms with Gasteiger partial charge in [0.15, 0.2) is 6.10 Å². The van der Waals surface area contributed by atoms with E-state index < -0.39 is 49.9 Å². The number of carbonyl (C=O) groups excluding carboxylic acids is 4. The molecule has 1 aromatic heterocycles. The highest BCUT2D eigenvalue weighted by atomic mass is 28.3. The van der Waals surface area contributed by atoms with Crippen LogP contribution in [-0.2, 0) is 41.6 Å². The number of esters is 2. The van der Waals surface area contributed by atoms with E-state index in [-0.39, 0.29) is 32.6 Å². The van der Waals surface area contributed by atoms with Crippen LogP contribution in [0.15, 0.2) is 60.8 Å². The van der Waals surface area contributed by atoms with E-state index >= 15 is 0 Å². The van der Waals surface area contributed by atoms with Gasteiger partial charge in [0.1, 0.15) is 18.2 Å². The topological polar surface area (TPSA) is 136 Å². The molecule has 256 valence electrons. The summed E-state index contributed by atoms with van der Waals surface area (Å²) < 4.78 is 22.2. The zero-order valence-corrected chi connectivity index (χ0v) is 29.6.